The van der Waals surface area contributed by atoms with E-state index in [2.05, 4.69) is 4.98 Å². The van der Waals surface area contributed by atoms with Gasteiger partial charge in [0.25, 0.3) is 5.22 Å². The normalized spacial score (nSPS) is 12.7. The molecule has 0 amide bonds. The van der Waals surface area contributed by atoms with Crippen molar-refractivity contribution in [3.63, 3.8) is 0 Å². The van der Waals surface area contributed by atoms with Crippen LogP contribution in [0.5, 0.6) is 0 Å². The second-order valence-corrected chi connectivity index (χ2v) is 4.82. The predicted octanol–water partition coefficient (Wildman–Crippen LogP) is 3.29. The predicted molar refractivity (Wildman–Crippen MR) is 64.4 cm³/mol. The van der Waals surface area contributed by atoms with Crippen molar-refractivity contribution in [2.75, 3.05) is 0 Å². The number of halogens is 1. The Hall–Kier alpha value is -1.33. The van der Waals surface area contributed by atoms with Crippen molar-refractivity contribution in [3.05, 3.63) is 41.5 Å². The topological polar surface area (TPSA) is 52.0 Å². The lowest BCUT2D eigenvalue weighted by atomic mass is 10.1. The lowest BCUT2D eigenvalue weighted by molar-refractivity contribution is 0.454. The van der Waals surface area contributed by atoms with Gasteiger partial charge in [-0.1, -0.05) is 0 Å². The Morgan fingerprint density at radius 1 is 1.47 bits per heavy atom. The van der Waals surface area contributed by atoms with Crippen molar-refractivity contribution >= 4 is 11.8 Å². The molecule has 0 unspecified atom stereocenters. The lowest BCUT2D eigenvalue weighted by Gasteiger charge is -2.12. The summed E-state index contributed by atoms with van der Waals surface area (Å²) in [7, 11) is 0. The van der Waals surface area contributed by atoms with Crippen molar-refractivity contribution in [3.8, 4) is 0 Å². The summed E-state index contributed by atoms with van der Waals surface area (Å²) in [4.78, 5) is 4.90. The van der Waals surface area contributed by atoms with Gasteiger partial charge in [-0.2, -0.15) is 0 Å². The number of hydrogen-bond donors (Lipinski definition) is 1. The van der Waals surface area contributed by atoms with Crippen molar-refractivity contribution in [2.24, 2.45) is 5.73 Å². The van der Waals surface area contributed by atoms with Crippen LogP contribution in [-0.4, -0.2) is 4.98 Å². The first-order valence-corrected chi connectivity index (χ1v) is 6.02. The van der Waals surface area contributed by atoms with Gasteiger partial charge in [-0.15, -0.1) is 0 Å². The lowest BCUT2D eigenvalue weighted by Crippen LogP contribution is -2.07. The zero-order chi connectivity index (χ0) is 12.4. The van der Waals surface area contributed by atoms with Gasteiger partial charge >= 0.3 is 0 Å². The van der Waals surface area contributed by atoms with Gasteiger partial charge in [0.1, 0.15) is 12.1 Å². The van der Waals surface area contributed by atoms with Gasteiger partial charge in [0.05, 0.1) is 6.20 Å². The Morgan fingerprint density at radius 3 is 2.82 bits per heavy atom. The summed E-state index contributed by atoms with van der Waals surface area (Å²) in [6.45, 7) is 3.55. The fourth-order valence-electron chi connectivity index (χ4n) is 1.47. The first-order valence-electron chi connectivity index (χ1n) is 5.21. The van der Waals surface area contributed by atoms with E-state index in [0.717, 1.165) is 10.5 Å². The number of oxazole rings is 1. The maximum absolute atomic E-state index is 13.5. The van der Waals surface area contributed by atoms with Gasteiger partial charge in [-0.25, -0.2) is 9.37 Å². The Morgan fingerprint density at radius 2 is 2.24 bits per heavy atom. The van der Waals surface area contributed by atoms with Crippen LogP contribution in [0.15, 0.2) is 39.1 Å². The monoisotopic (exact) mass is 252 g/mol. The quantitative estimate of drug-likeness (QED) is 0.910. The zero-order valence-electron chi connectivity index (χ0n) is 9.61. The summed E-state index contributed by atoms with van der Waals surface area (Å²) >= 11 is 1.35. The minimum absolute atomic E-state index is 0.234. The standard InChI is InChI=1S/C12H13FN2OS/c1-7-5-11(17-12-15-3-4-16-12)9(8(2)14)6-10(7)13/h3-6,8H,14H2,1-2H3/t8-/m0/s1. The van der Waals surface area contributed by atoms with Crippen molar-refractivity contribution in [2.45, 2.75) is 30.0 Å². The van der Waals surface area contributed by atoms with Crippen LogP contribution in [0.4, 0.5) is 4.39 Å². The Bertz CT molecular complexity index is 511. The molecule has 0 spiro atoms. The van der Waals surface area contributed by atoms with Gasteiger partial charge in [0.2, 0.25) is 0 Å². The van der Waals surface area contributed by atoms with E-state index < -0.39 is 0 Å². The Balaban J connectivity index is 2.41. The van der Waals surface area contributed by atoms with Crippen LogP contribution >= 0.6 is 11.8 Å². The largest absolute Gasteiger partial charge is 0.440 e. The molecular formula is C12H13FN2OS. The van der Waals surface area contributed by atoms with Crippen molar-refractivity contribution < 1.29 is 8.81 Å². The Kier molecular flexibility index (Phi) is 3.49. The van der Waals surface area contributed by atoms with Gasteiger partial charge in [-0.3, -0.25) is 0 Å². The average Bonchev–Trinajstić information content (AvgIpc) is 2.75. The highest BCUT2D eigenvalue weighted by Crippen LogP contribution is 2.33. The third-order valence-electron chi connectivity index (χ3n) is 2.39. The van der Waals surface area contributed by atoms with Gasteiger partial charge in [-0.05, 0) is 48.9 Å². The van der Waals surface area contributed by atoms with E-state index in [9.17, 15) is 4.39 Å². The summed E-state index contributed by atoms with van der Waals surface area (Å²) in [5.74, 6) is -0.242. The van der Waals surface area contributed by atoms with Crippen LogP contribution in [0.2, 0.25) is 0 Å². The maximum Gasteiger partial charge on any atom is 0.260 e. The molecule has 2 rings (SSSR count). The van der Waals surface area contributed by atoms with Crippen LogP contribution in [0.25, 0.3) is 0 Å². The van der Waals surface area contributed by atoms with E-state index >= 15 is 0 Å². The summed E-state index contributed by atoms with van der Waals surface area (Å²) in [6.07, 6.45) is 3.08. The SMILES string of the molecule is Cc1cc(Sc2ncco2)c([C@H](C)N)cc1F. The smallest absolute Gasteiger partial charge is 0.260 e. The fraction of sp³-hybridized carbons (Fsp3) is 0.250. The average molecular weight is 252 g/mol. The minimum Gasteiger partial charge on any atom is -0.440 e. The molecule has 90 valence electrons. The molecule has 0 saturated carbocycles. The van der Waals surface area contributed by atoms with Crippen LogP contribution in [0.3, 0.4) is 0 Å². The molecule has 1 atom stereocenters. The third-order valence-corrected chi connectivity index (χ3v) is 3.34. The summed E-state index contributed by atoms with van der Waals surface area (Å²) in [6, 6.07) is 3.01. The molecule has 0 fully saturated rings. The third kappa shape index (κ3) is 2.68. The number of nitrogens with two attached hydrogens (primary N) is 1. The van der Waals surface area contributed by atoms with Gasteiger partial charge < -0.3 is 10.2 Å². The number of rotatable bonds is 3. The van der Waals surface area contributed by atoms with E-state index in [4.69, 9.17) is 10.2 Å². The van der Waals surface area contributed by atoms with E-state index in [1.54, 1.807) is 19.2 Å². The molecule has 3 nitrogen and oxygen atoms in total. The van der Waals surface area contributed by atoms with Crippen LogP contribution < -0.4 is 5.73 Å². The van der Waals surface area contributed by atoms with Crippen molar-refractivity contribution in [1.29, 1.82) is 0 Å². The summed E-state index contributed by atoms with van der Waals surface area (Å²) < 4.78 is 18.7. The molecule has 0 bridgehead atoms. The zero-order valence-corrected chi connectivity index (χ0v) is 10.4. The molecular weight excluding hydrogens is 239 g/mol. The molecule has 2 aromatic rings. The highest BCUT2D eigenvalue weighted by molar-refractivity contribution is 7.99. The van der Waals surface area contributed by atoms with Crippen LogP contribution in [-0.2, 0) is 0 Å². The molecule has 2 N–H and O–H groups in total. The number of aromatic nitrogens is 1. The van der Waals surface area contributed by atoms with Crippen LogP contribution in [0.1, 0.15) is 24.1 Å². The summed E-state index contributed by atoms with van der Waals surface area (Å²) in [5.41, 5.74) is 7.18. The molecule has 0 aliphatic rings. The fourth-order valence-corrected chi connectivity index (χ4v) is 2.47. The second-order valence-electron chi connectivity index (χ2n) is 3.83. The molecule has 0 aliphatic carbocycles. The highest BCUT2D eigenvalue weighted by Gasteiger charge is 2.13. The van der Waals surface area contributed by atoms with E-state index in [0.29, 0.717) is 10.8 Å². The van der Waals surface area contributed by atoms with Gasteiger partial charge in [0, 0.05) is 10.9 Å². The van der Waals surface area contributed by atoms with Crippen LogP contribution in [0, 0.1) is 12.7 Å². The minimum atomic E-state index is -0.242. The Labute approximate surface area is 103 Å². The molecule has 5 heteroatoms. The van der Waals surface area contributed by atoms with E-state index in [1.165, 1.54) is 24.1 Å². The number of nitrogens with zero attached hydrogens (tertiary/aromatic N) is 1. The molecule has 1 aromatic heterocycles. The first-order chi connectivity index (χ1) is 8.08. The van der Waals surface area contributed by atoms with E-state index in [-0.39, 0.29) is 11.9 Å². The molecule has 0 radical (unpaired) electrons. The number of benzene rings is 1. The molecule has 1 aromatic carbocycles. The second kappa shape index (κ2) is 4.89. The first kappa shape index (κ1) is 12.1. The molecule has 17 heavy (non-hydrogen) atoms. The number of aryl methyl sites for hydroxylation is 1. The van der Waals surface area contributed by atoms with E-state index in [1.807, 2.05) is 6.92 Å². The number of hydrogen-bond acceptors (Lipinski definition) is 4. The molecule has 0 aliphatic heterocycles. The molecule has 0 saturated heterocycles. The maximum atomic E-state index is 13.5. The highest BCUT2D eigenvalue weighted by atomic mass is 32.2. The van der Waals surface area contributed by atoms with Gasteiger partial charge in [0.15, 0.2) is 0 Å². The summed E-state index contributed by atoms with van der Waals surface area (Å²) in [5, 5.41) is 0.526. The molecule has 1 heterocycles. The van der Waals surface area contributed by atoms with Crippen molar-refractivity contribution in [1.82, 2.24) is 4.98 Å².